The summed E-state index contributed by atoms with van der Waals surface area (Å²) < 4.78 is 0. The second-order valence-corrected chi connectivity index (χ2v) is 9.17. The van der Waals surface area contributed by atoms with Crippen LogP contribution in [0.1, 0.15) is 22.3 Å². The Morgan fingerprint density at radius 2 is 0.932 bits per heavy atom. The molecule has 0 aliphatic heterocycles. The summed E-state index contributed by atoms with van der Waals surface area (Å²) in [6.07, 6.45) is 2.69. The van der Waals surface area contributed by atoms with Crippen LogP contribution in [-0.2, 0) is 22.7 Å². The van der Waals surface area contributed by atoms with E-state index >= 15 is 0 Å². The second kappa shape index (κ2) is 16.1. The molecule has 0 saturated carbocycles. The number of hydrogen-bond donors (Lipinski definition) is 6. The van der Waals surface area contributed by atoms with Gasteiger partial charge in [-0.2, -0.15) is 10.5 Å². The van der Waals surface area contributed by atoms with Crippen molar-refractivity contribution >= 4 is 24.0 Å². The highest BCUT2D eigenvalue weighted by molar-refractivity contribution is 6.02. The van der Waals surface area contributed by atoms with Gasteiger partial charge in [-0.1, -0.05) is 72.8 Å². The molecule has 44 heavy (non-hydrogen) atoms. The van der Waals surface area contributed by atoms with Crippen molar-refractivity contribution in [3.05, 3.63) is 130 Å². The number of carbonyl (C=O) groups is 2. The third-order valence-electron chi connectivity index (χ3n) is 5.94. The van der Waals surface area contributed by atoms with E-state index in [2.05, 4.69) is 10.6 Å². The predicted octanol–water partition coefficient (Wildman–Crippen LogP) is 4.64. The standard InChI is InChI=1S/2C17H14N2O3/c2*18-10-14(8-13-6-7-15(20)16(21)9-13)17(22)19-11-12-4-2-1-3-5-12/h2*1-9,20-21H,11H2,(H,19,22)/b2*14-8+. The van der Waals surface area contributed by atoms with Crippen LogP contribution in [0.3, 0.4) is 0 Å². The Bertz CT molecular complexity index is 1620. The number of benzene rings is 4. The van der Waals surface area contributed by atoms with Gasteiger partial charge in [-0.3, -0.25) is 9.59 Å². The summed E-state index contributed by atoms with van der Waals surface area (Å²) in [7, 11) is 0. The second-order valence-electron chi connectivity index (χ2n) is 9.17. The van der Waals surface area contributed by atoms with E-state index in [4.69, 9.17) is 10.5 Å². The highest BCUT2D eigenvalue weighted by Crippen LogP contribution is 2.26. The minimum atomic E-state index is -0.501. The minimum absolute atomic E-state index is 0.0824. The highest BCUT2D eigenvalue weighted by atomic mass is 16.3. The van der Waals surface area contributed by atoms with E-state index in [-0.39, 0.29) is 34.1 Å². The van der Waals surface area contributed by atoms with Crippen LogP contribution in [-0.4, -0.2) is 32.2 Å². The Morgan fingerprint density at radius 3 is 1.25 bits per heavy atom. The maximum absolute atomic E-state index is 12.0. The molecule has 0 radical (unpaired) electrons. The van der Waals surface area contributed by atoms with Crippen LogP contribution in [0.4, 0.5) is 0 Å². The molecule has 0 aliphatic carbocycles. The van der Waals surface area contributed by atoms with Crippen LogP contribution in [0, 0.1) is 22.7 Å². The lowest BCUT2D eigenvalue weighted by Crippen LogP contribution is -2.23. The number of phenolic OH excluding ortho intramolecular Hbond substituents is 4. The zero-order chi connectivity index (χ0) is 31.9. The number of phenols is 4. The van der Waals surface area contributed by atoms with Crippen molar-refractivity contribution < 1.29 is 30.0 Å². The van der Waals surface area contributed by atoms with Crippen LogP contribution < -0.4 is 10.6 Å². The lowest BCUT2D eigenvalue weighted by atomic mass is 10.1. The molecule has 0 spiro atoms. The number of nitrogens with zero attached hydrogens (tertiary/aromatic N) is 2. The van der Waals surface area contributed by atoms with Gasteiger partial charge in [-0.15, -0.1) is 0 Å². The number of aromatic hydroxyl groups is 4. The number of carbonyl (C=O) groups excluding carboxylic acids is 2. The number of nitriles is 2. The Labute approximate surface area is 253 Å². The lowest BCUT2D eigenvalue weighted by Gasteiger charge is -2.05. The van der Waals surface area contributed by atoms with Gasteiger partial charge in [0.15, 0.2) is 23.0 Å². The molecule has 0 aromatic heterocycles. The molecule has 0 atom stereocenters. The molecule has 10 nitrogen and oxygen atoms in total. The van der Waals surface area contributed by atoms with Gasteiger partial charge >= 0.3 is 0 Å². The Hall–Kier alpha value is -6.52. The number of amides is 2. The smallest absolute Gasteiger partial charge is 0.262 e. The van der Waals surface area contributed by atoms with Gasteiger partial charge in [-0.05, 0) is 58.7 Å². The summed E-state index contributed by atoms with van der Waals surface area (Å²) >= 11 is 0. The Morgan fingerprint density at radius 1 is 0.568 bits per heavy atom. The van der Waals surface area contributed by atoms with E-state index in [1.165, 1.54) is 48.6 Å². The molecule has 220 valence electrons. The van der Waals surface area contributed by atoms with E-state index in [0.29, 0.717) is 24.2 Å². The van der Waals surface area contributed by atoms with Gasteiger partial charge in [0.1, 0.15) is 23.3 Å². The Kier molecular flexibility index (Phi) is 11.7. The molecule has 0 saturated heterocycles. The van der Waals surface area contributed by atoms with Crippen LogP contribution in [0.5, 0.6) is 23.0 Å². The van der Waals surface area contributed by atoms with E-state index in [9.17, 15) is 30.0 Å². The zero-order valence-electron chi connectivity index (χ0n) is 23.3. The molecule has 6 N–H and O–H groups in total. The van der Waals surface area contributed by atoms with Gasteiger partial charge in [0.2, 0.25) is 0 Å². The van der Waals surface area contributed by atoms with E-state index in [1.807, 2.05) is 72.8 Å². The van der Waals surface area contributed by atoms with Crippen LogP contribution in [0.15, 0.2) is 108 Å². The number of hydrogen-bond acceptors (Lipinski definition) is 8. The number of nitrogens with one attached hydrogen (secondary N) is 2. The molecule has 4 rings (SSSR count). The fraction of sp³-hybridized carbons (Fsp3) is 0.0588. The van der Waals surface area contributed by atoms with Crippen LogP contribution in [0.25, 0.3) is 12.2 Å². The molecule has 4 aromatic carbocycles. The van der Waals surface area contributed by atoms with Gasteiger partial charge in [-0.25, -0.2) is 0 Å². The van der Waals surface area contributed by atoms with Crippen LogP contribution in [0.2, 0.25) is 0 Å². The first-order valence-electron chi connectivity index (χ1n) is 13.1. The van der Waals surface area contributed by atoms with Gasteiger partial charge in [0, 0.05) is 13.1 Å². The fourth-order valence-electron chi connectivity index (χ4n) is 3.64. The van der Waals surface area contributed by atoms with E-state index in [0.717, 1.165) is 11.1 Å². The average Bonchev–Trinajstić information content (AvgIpc) is 3.04. The normalized spacial score (nSPS) is 10.8. The molecular formula is C34H28N4O6. The first kappa shape index (κ1) is 32.0. The molecule has 0 fully saturated rings. The average molecular weight is 589 g/mol. The summed E-state index contributed by atoms with van der Waals surface area (Å²) in [6, 6.07) is 30.5. The SMILES string of the molecule is N#C/C(=C\c1ccc(O)c(O)c1)C(=O)NCc1ccccc1.N#C/C(=C\c1ccc(O)c(O)c1)C(=O)NCc1ccccc1. The molecule has 0 unspecified atom stereocenters. The maximum Gasteiger partial charge on any atom is 0.262 e. The molecule has 2 amide bonds. The zero-order valence-corrected chi connectivity index (χ0v) is 23.3. The quantitative estimate of drug-likeness (QED) is 0.0975. The molecule has 10 heteroatoms. The molecule has 0 heterocycles. The number of rotatable bonds is 8. The maximum atomic E-state index is 12.0. The summed E-state index contributed by atoms with van der Waals surface area (Å²) in [4.78, 5) is 24.0. The molecular weight excluding hydrogens is 560 g/mol. The molecule has 0 bridgehead atoms. The summed E-state index contributed by atoms with van der Waals surface area (Å²) in [5.74, 6) is -2.14. The topological polar surface area (TPSA) is 187 Å². The first-order chi connectivity index (χ1) is 21.2. The van der Waals surface area contributed by atoms with Crippen molar-refractivity contribution in [3.63, 3.8) is 0 Å². The first-order valence-corrected chi connectivity index (χ1v) is 13.1. The third kappa shape index (κ3) is 9.84. The van der Waals surface area contributed by atoms with Gasteiger partial charge in [0.25, 0.3) is 11.8 Å². The fourth-order valence-corrected chi connectivity index (χ4v) is 3.64. The highest BCUT2D eigenvalue weighted by Gasteiger charge is 2.11. The molecule has 0 aliphatic rings. The van der Waals surface area contributed by atoms with Crippen LogP contribution >= 0.6 is 0 Å². The Balaban J connectivity index is 0.000000240. The van der Waals surface area contributed by atoms with Gasteiger partial charge in [0.05, 0.1) is 0 Å². The van der Waals surface area contributed by atoms with Crippen molar-refractivity contribution in [3.8, 4) is 35.1 Å². The van der Waals surface area contributed by atoms with Crippen molar-refractivity contribution in [2.45, 2.75) is 13.1 Å². The van der Waals surface area contributed by atoms with Crippen molar-refractivity contribution in [2.24, 2.45) is 0 Å². The monoisotopic (exact) mass is 588 g/mol. The summed E-state index contributed by atoms with van der Waals surface area (Å²) in [6.45, 7) is 0.638. The van der Waals surface area contributed by atoms with E-state index in [1.54, 1.807) is 0 Å². The summed E-state index contributed by atoms with van der Waals surface area (Å²) in [5.41, 5.74) is 2.58. The molecule has 4 aromatic rings. The van der Waals surface area contributed by atoms with Crippen molar-refractivity contribution in [1.29, 1.82) is 10.5 Å². The third-order valence-corrected chi connectivity index (χ3v) is 5.94. The lowest BCUT2D eigenvalue weighted by molar-refractivity contribution is -0.118. The minimum Gasteiger partial charge on any atom is -0.504 e. The summed E-state index contributed by atoms with van der Waals surface area (Å²) in [5, 5.41) is 60.8. The van der Waals surface area contributed by atoms with E-state index < -0.39 is 11.8 Å². The van der Waals surface area contributed by atoms with Crippen molar-refractivity contribution in [1.82, 2.24) is 10.6 Å². The largest absolute Gasteiger partial charge is 0.504 e. The van der Waals surface area contributed by atoms with Crippen molar-refractivity contribution in [2.75, 3.05) is 0 Å². The van der Waals surface area contributed by atoms with Gasteiger partial charge < -0.3 is 31.1 Å². The predicted molar refractivity (Wildman–Crippen MR) is 163 cm³/mol.